The quantitative estimate of drug-likeness (QED) is 0.749. The summed E-state index contributed by atoms with van der Waals surface area (Å²) in [6, 6.07) is 6.54. The topological polar surface area (TPSA) is 106 Å². The zero-order valence-electron chi connectivity index (χ0n) is 13.6. The van der Waals surface area contributed by atoms with Crippen LogP contribution in [0.25, 0.3) is 10.9 Å². The first kappa shape index (κ1) is 15.9. The lowest BCUT2D eigenvalue weighted by molar-refractivity contribution is 0.0911. The van der Waals surface area contributed by atoms with Gasteiger partial charge in [-0.25, -0.2) is 9.97 Å². The Morgan fingerprint density at radius 1 is 1.29 bits per heavy atom. The molecule has 0 fully saturated rings. The van der Waals surface area contributed by atoms with Crippen LogP contribution in [0.4, 0.5) is 0 Å². The molecule has 0 spiro atoms. The van der Waals surface area contributed by atoms with E-state index in [2.05, 4.69) is 25.4 Å². The van der Waals surface area contributed by atoms with Crippen molar-refractivity contribution < 1.29 is 4.79 Å². The molecular formula is C16H18N6O2. The van der Waals surface area contributed by atoms with E-state index in [0.717, 1.165) is 0 Å². The highest BCUT2D eigenvalue weighted by atomic mass is 16.2. The smallest absolute Gasteiger partial charge is 0.287 e. The lowest BCUT2D eigenvalue weighted by Gasteiger charge is -2.21. The predicted octanol–water partition coefficient (Wildman–Crippen LogP) is 1.18. The van der Waals surface area contributed by atoms with E-state index in [1.54, 1.807) is 36.0 Å². The van der Waals surface area contributed by atoms with E-state index in [0.29, 0.717) is 16.7 Å². The largest absolute Gasteiger partial charge is 0.339 e. The number of hydrogen-bond acceptors (Lipinski definition) is 5. The summed E-state index contributed by atoms with van der Waals surface area (Å²) in [5, 5.41) is 7.36. The Balaban J connectivity index is 1.94. The van der Waals surface area contributed by atoms with Crippen molar-refractivity contribution in [3.8, 4) is 0 Å². The molecule has 2 heterocycles. The van der Waals surface area contributed by atoms with Crippen molar-refractivity contribution in [3.63, 3.8) is 0 Å². The predicted molar refractivity (Wildman–Crippen MR) is 88.4 cm³/mol. The third-order valence-corrected chi connectivity index (χ3v) is 3.81. The van der Waals surface area contributed by atoms with E-state index in [1.807, 2.05) is 13.8 Å². The maximum Gasteiger partial charge on any atom is 0.287 e. The maximum absolute atomic E-state index is 12.6. The van der Waals surface area contributed by atoms with Gasteiger partial charge in [-0.1, -0.05) is 26.0 Å². The van der Waals surface area contributed by atoms with Crippen molar-refractivity contribution >= 4 is 16.8 Å². The number of para-hydroxylation sites is 1. The van der Waals surface area contributed by atoms with Crippen molar-refractivity contribution in [2.75, 3.05) is 0 Å². The third-order valence-electron chi connectivity index (χ3n) is 3.81. The Bertz CT molecular complexity index is 943. The highest BCUT2D eigenvalue weighted by Gasteiger charge is 2.24. The highest BCUT2D eigenvalue weighted by molar-refractivity contribution is 5.92. The van der Waals surface area contributed by atoms with Crippen LogP contribution in [0.1, 0.15) is 36.3 Å². The van der Waals surface area contributed by atoms with E-state index in [4.69, 9.17) is 0 Å². The first-order chi connectivity index (χ1) is 11.5. The molecular weight excluding hydrogens is 308 g/mol. The zero-order chi connectivity index (χ0) is 17.3. The minimum atomic E-state index is -0.459. The van der Waals surface area contributed by atoms with Crippen LogP contribution in [0.5, 0.6) is 0 Å². The standard InChI is InChI=1S/C16H18N6O2/c1-9(2)12(14-17-8-18-22(14)3)20-16(24)13-19-11-7-5-4-6-10(11)15(23)21-13/h4-9,12H,1-3H3,(H,20,24)(H,19,21,23)/t12-/m0/s1. The van der Waals surface area contributed by atoms with Crippen molar-refractivity contribution in [1.29, 1.82) is 0 Å². The van der Waals surface area contributed by atoms with E-state index in [9.17, 15) is 9.59 Å². The number of nitrogens with one attached hydrogen (secondary N) is 2. The fraction of sp³-hybridized carbons (Fsp3) is 0.312. The van der Waals surface area contributed by atoms with Gasteiger partial charge in [0.05, 0.1) is 16.9 Å². The van der Waals surface area contributed by atoms with Crippen LogP contribution in [0, 0.1) is 5.92 Å². The Kier molecular flexibility index (Phi) is 4.11. The van der Waals surface area contributed by atoms with E-state index in [1.165, 1.54) is 6.33 Å². The lowest BCUT2D eigenvalue weighted by atomic mass is 10.0. The molecule has 3 aromatic rings. The number of benzene rings is 1. The van der Waals surface area contributed by atoms with Gasteiger partial charge in [0.2, 0.25) is 0 Å². The third kappa shape index (κ3) is 2.90. The van der Waals surface area contributed by atoms with E-state index < -0.39 is 5.91 Å². The number of fused-ring (bicyclic) bond motifs is 1. The normalized spacial score (nSPS) is 12.5. The van der Waals surface area contributed by atoms with Crippen LogP contribution in [-0.4, -0.2) is 30.6 Å². The number of nitrogens with zero attached hydrogens (tertiary/aromatic N) is 4. The summed E-state index contributed by atoms with van der Waals surface area (Å²) < 4.78 is 1.61. The number of amides is 1. The van der Waals surface area contributed by atoms with Gasteiger partial charge in [0.25, 0.3) is 11.5 Å². The average molecular weight is 326 g/mol. The molecule has 0 unspecified atom stereocenters. The van der Waals surface area contributed by atoms with Gasteiger partial charge < -0.3 is 10.3 Å². The van der Waals surface area contributed by atoms with Crippen LogP contribution in [0.15, 0.2) is 35.4 Å². The van der Waals surface area contributed by atoms with Gasteiger partial charge in [0.1, 0.15) is 12.2 Å². The summed E-state index contributed by atoms with van der Waals surface area (Å²) in [4.78, 5) is 35.6. The van der Waals surface area contributed by atoms with Crippen LogP contribution in [-0.2, 0) is 7.05 Å². The molecule has 1 atom stereocenters. The molecule has 1 amide bonds. The fourth-order valence-electron chi connectivity index (χ4n) is 2.52. The van der Waals surface area contributed by atoms with Crippen molar-refractivity contribution in [2.24, 2.45) is 13.0 Å². The molecule has 3 rings (SSSR count). The summed E-state index contributed by atoms with van der Waals surface area (Å²) in [5.74, 6) is 0.247. The number of H-pyrrole nitrogens is 1. The van der Waals surface area contributed by atoms with E-state index in [-0.39, 0.29) is 23.3 Å². The van der Waals surface area contributed by atoms with Gasteiger partial charge >= 0.3 is 0 Å². The second kappa shape index (κ2) is 6.23. The SMILES string of the molecule is CC(C)[C@H](NC(=O)c1nc2ccccc2c(=O)[nH]1)c1ncnn1C. The van der Waals surface area contributed by atoms with E-state index >= 15 is 0 Å². The molecule has 0 aliphatic carbocycles. The van der Waals surface area contributed by atoms with Crippen molar-refractivity contribution in [3.05, 3.63) is 52.6 Å². The second-order valence-corrected chi connectivity index (χ2v) is 5.87. The van der Waals surface area contributed by atoms with Crippen molar-refractivity contribution in [1.82, 2.24) is 30.0 Å². The molecule has 8 heteroatoms. The summed E-state index contributed by atoms with van der Waals surface area (Å²) in [5.41, 5.74) is 0.136. The molecule has 0 bridgehead atoms. The molecule has 0 saturated carbocycles. The first-order valence-electron chi connectivity index (χ1n) is 7.61. The summed E-state index contributed by atoms with van der Waals surface area (Å²) >= 11 is 0. The van der Waals surface area contributed by atoms with Gasteiger partial charge in [-0.2, -0.15) is 5.10 Å². The molecule has 0 aliphatic rings. The molecule has 2 aromatic heterocycles. The van der Waals surface area contributed by atoms with Gasteiger partial charge in [-0.05, 0) is 18.1 Å². The van der Waals surface area contributed by atoms with Crippen LogP contribution >= 0.6 is 0 Å². The van der Waals surface area contributed by atoms with Gasteiger partial charge in [-0.3, -0.25) is 14.3 Å². The Labute approximate surface area is 137 Å². The highest BCUT2D eigenvalue weighted by Crippen LogP contribution is 2.19. The Hall–Kier alpha value is -3.03. The molecule has 124 valence electrons. The van der Waals surface area contributed by atoms with Gasteiger partial charge in [0, 0.05) is 7.05 Å². The molecule has 24 heavy (non-hydrogen) atoms. The van der Waals surface area contributed by atoms with Crippen LogP contribution < -0.4 is 10.9 Å². The minimum absolute atomic E-state index is 0.0217. The summed E-state index contributed by atoms with van der Waals surface area (Å²) in [6.07, 6.45) is 1.44. The van der Waals surface area contributed by atoms with Gasteiger partial charge in [0.15, 0.2) is 5.82 Å². The first-order valence-corrected chi connectivity index (χ1v) is 7.61. The summed E-state index contributed by atoms with van der Waals surface area (Å²) in [7, 11) is 1.76. The number of aromatic nitrogens is 5. The van der Waals surface area contributed by atoms with Crippen LogP contribution in [0.2, 0.25) is 0 Å². The molecule has 0 saturated heterocycles. The van der Waals surface area contributed by atoms with Gasteiger partial charge in [-0.15, -0.1) is 0 Å². The average Bonchev–Trinajstić information content (AvgIpc) is 2.97. The lowest BCUT2D eigenvalue weighted by Crippen LogP contribution is -2.35. The van der Waals surface area contributed by atoms with Crippen molar-refractivity contribution in [2.45, 2.75) is 19.9 Å². The monoisotopic (exact) mass is 326 g/mol. The number of aromatic amines is 1. The molecule has 2 N–H and O–H groups in total. The summed E-state index contributed by atoms with van der Waals surface area (Å²) in [6.45, 7) is 3.94. The number of carbonyl (C=O) groups excluding carboxylic acids is 1. The zero-order valence-corrected chi connectivity index (χ0v) is 13.6. The molecule has 0 radical (unpaired) electrons. The number of hydrogen-bond donors (Lipinski definition) is 2. The number of aryl methyl sites for hydroxylation is 1. The second-order valence-electron chi connectivity index (χ2n) is 5.87. The Morgan fingerprint density at radius 2 is 2.04 bits per heavy atom. The minimum Gasteiger partial charge on any atom is -0.339 e. The fourth-order valence-corrected chi connectivity index (χ4v) is 2.52. The maximum atomic E-state index is 12.6. The number of rotatable bonds is 4. The molecule has 8 nitrogen and oxygen atoms in total. The molecule has 1 aromatic carbocycles. The Morgan fingerprint density at radius 3 is 2.71 bits per heavy atom. The van der Waals surface area contributed by atoms with Crippen LogP contribution in [0.3, 0.4) is 0 Å². The number of carbonyl (C=O) groups is 1. The molecule has 0 aliphatic heterocycles.